The number of halogens is 2. The first-order chi connectivity index (χ1) is 9.47. The molecular weight excluding hydrogens is 342 g/mol. The van der Waals surface area contributed by atoms with Crippen LogP contribution >= 0.6 is 27.5 Å². The number of rotatable bonds is 4. The van der Waals surface area contributed by atoms with Crippen LogP contribution in [0.4, 0.5) is 5.69 Å². The fourth-order valence-electron chi connectivity index (χ4n) is 2.91. The molecule has 0 radical (unpaired) electrons. The standard InChI is InChI=1S/C15H19BrClNO2/c1-15(14(19)20-2,10-5-3-4-6-10)18-11-7-8-13(17)12(16)9-11/h7-10,18H,3-6H2,1-2H3. The highest BCUT2D eigenvalue weighted by atomic mass is 79.9. The van der Waals surface area contributed by atoms with Crippen molar-refractivity contribution in [1.82, 2.24) is 0 Å². The predicted octanol–water partition coefficient (Wildman–Crippen LogP) is 4.64. The minimum atomic E-state index is -0.696. The zero-order valence-corrected chi connectivity index (χ0v) is 14.1. The number of ether oxygens (including phenoxy) is 1. The molecule has 1 unspecified atom stereocenters. The lowest BCUT2D eigenvalue weighted by Crippen LogP contribution is -2.50. The molecule has 1 aliphatic carbocycles. The van der Waals surface area contributed by atoms with Crippen molar-refractivity contribution in [2.45, 2.75) is 38.1 Å². The Hall–Kier alpha value is -0.740. The van der Waals surface area contributed by atoms with Crippen molar-refractivity contribution >= 4 is 39.2 Å². The number of carbonyl (C=O) groups excluding carboxylic acids is 1. The number of carbonyl (C=O) groups is 1. The molecule has 1 saturated carbocycles. The molecular formula is C15H19BrClNO2. The van der Waals surface area contributed by atoms with E-state index in [1.807, 2.05) is 19.1 Å². The topological polar surface area (TPSA) is 38.3 Å². The van der Waals surface area contributed by atoms with Gasteiger partial charge >= 0.3 is 5.97 Å². The van der Waals surface area contributed by atoms with Crippen LogP contribution in [-0.2, 0) is 9.53 Å². The van der Waals surface area contributed by atoms with Crippen LogP contribution < -0.4 is 5.32 Å². The Bertz CT molecular complexity index is 503. The van der Waals surface area contributed by atoms with E-state index in [1.165, 1.54) is 20.0 Å². The van der Waals surface area contributed by atoms with Gasteiger partial charge in [-0.25, -0.2) is 4.79 Å². The van der Waals surface area contributed by atoms with E-state index >= 15 is 0 Å². The average molecular weight is 361 g/mol. The number of hydrogen-bond acceptors (Lipinski definition) is 3. The van der Waals surface area contributed by atoms with Gasteiger partial charge in [0.25, 0.3) is 0 Å². The van der Waals surface area contributed by atoms with Gasteiger partial charge in [0, 0.05) is 10.2 Å². The van der Waals surface area contributed by atoms with Gasteiger partial charge in [-0.2, -0.15) is 0 Å². The minimum Gasteiger partial charge on any atom is -0.467 e. The molecule has 5 heteroatoms. The first kappa shape index (κ1) is 15.6. The van der Waals surface area contributed by atoms with E-state index < -0.39 is 5.54 Å². The highest BCUT2D eigenvalue weighted by molar-refractivity contribution is 9.10. The summed E-state index contributed by atoms with van der Waals surface area (Å²) in [7, 11) is 1.44. The van der Waals surface area contributed by atoms with Crippen molar-refractivity contribution in [3.8, 4) is 0 Å². The van der Waals surface area contributed by atoms with Crippen molar-refractivity contribution in [2.75, 3.05) is 12.4 Å². The van der Waals surface area contributed by atoms with Gasteiger partial charge in [0.05, 0.1) is 12.1 Å². The summed E-state index contributed by atoms with van der Waals surface area (Å²) in [5.74, 6) is 0.0832. The van der Waals surface area contributed by atoms with E-state index in [1.54, 1.807) is 6.07 Å². The Labute approximate surface area is 133 Å². The molecule has 0 heterocycles. The van der Waals surface area contributed by atoms with E-state index in [0.717, 1.165) is 23.0 Å². The van der Waals surface area contributed by atoms with Crippen LogP contribution in [0.15, 0.2) is 22.7 Å². The summed E-state index contributed by atoms with van der Waals surface area (Å²) in [6, 6.07) is 5.57. The second kappa shape index (κ2) is 6.35. The number of nitrogens with one attached hydrogen (secondary N) is 1. The number of esters is 1. The maximum absolute atomic E-state index is 12.3. The minimum absolute atomic E-state index is 0.213. The third kappa shape index (κ3) is 3.12. The third-order valence-electron chi connectivity index (χ3n) is 4.10. The number of benzene rings is 1. The fourth-order valence-corrected chi connectivity index (χ4v) is 3.41. The summed E-state index contributed by atoms with van der Waals surface area (Å²) in [5.41, 5.74) is 0.166. The van der Waals surface area contributed by atoms with E-state index in [-0.39, 0.29) is 5.97 Å². The molecule has 110 valence electrons. The zero-order valence-electron chi connectivity index (χ0n) is 11.7. The quantitative estimate of drug-likeness (QED) is 0.795. The second-order valence-electron chi connectivity index (χ2n) is 5.43. The molecule has 1 N–H and O–H groups in total. The van der Waals surface area contributed by atoms with Gasteiger partial charge in [-0.1, -0.05) is 24.4 Å². The summed E-state index contributed by atoms with van der Waals surface area (Å²) in [6.07, 6.45) is 4.44. The number of hydrogen-bond donors (Lipinski definition) is 1. The van der Waals surface area contributed by atoms with Crippen molar-refractivity contribution in [3.05, 3.63) is 27.7 Å². The van der Waals surface area contributed by atoms with Crippen molar-refractivity contribution in [3.63, 3.8) is 0 Å². The Morgan fingerprint density at radius 1 is 1.45 bits per heavy atom. The largest absolute Gasteiger partial charge is 0.467 e. The molecule has 1 aromatic rings. The molecule has 1 fully saturated rings. The van der Waals surface area contributed by atoms with Gasteiger partial charge in [-0.3, -0.25) is 0 Å². The molecule has 1 atom stereocenters. The van der Waals surface area contributed by atoms with Gasteiger partial charge < -0.3 is 10.1 Å². The van der Waals surface area contributed by atoms with Crippen LogP contribution in [0.2, 0.25) is 5.02 Å². The summed E-state index contributed by atoms with van der Waals surface area (Å²) in [6.45, 7) is 1.93. The van der Waals surface area contributed by atoms with Crippen LogP contribution in [0.25, 0.3) is 0 Å². The molecule has 20 heavy (non-hydrogen) atoms. The zero-order chi connectivity index (χ0) is 14.8. The predicted molar refractivity (Wildman–Crippen MR) is 85.2 cm³/mol. The lowest BCUT2D eigenvalue weighted by Gasteiger charge is -2.34. The number of anilines is 1. The van der Waals surface area contributed by atoms with Gasteiger partial charge in [0.15, 0.2) is 0 Å². The molecule has 2 rings (SSSR count). The lowest BCUT2D eigenvalue weighted by molar-refractivity contribution is -0.147. The molecule has 0 aromatic heterocycles. The fraction of sp³-hybridized carbons (Fsp3) is 0.533. The van der Waals surface area contributed by atoms with Gasteiger partial charge in [0.1, 0.15) is 5.54 Å². The normalized spacial score (nSPS) is 18.6. The van der Waals surface area contributed by atoms with Crippen molar-refractivity contribution < 1.29 is 9.53 Å². The van der Waals surface area contributed by atoms with E-state index in [2.05, 4.69) is 21.2 Å². The van der Waals surface area contributed by atoms with Crippen LogP contribution in [0.1, 0.15) is 32.6 Å². The van der Waals surface area contributed by atoms with Crippen LogP contribution in [0, 0.1) is 5.92 Å². The Balaban J connectivity index is 2.27. The summed E-state index contributed by atoms with van der Waals surface area (Å²) < 4.78 is 5.82. The van der Waals surface area contributed by atoms with Gasteiger partial charge in [-0.05, 0) is 59.8 Å². The SMILES string of the molecule is COC(=O)C(C)(Nc1ccc(Cl)c(Br)c1)C1CCCC1. The molecule has 0 spiro atoms. The van der Waals surface area contributed by atoms with Gasteiger partial charge in [-0.15, -0.1) is 0 Å². The van der Waals surface area contributed by atoms with E-state index in [9.17, 15) is 4.79 Å². The van der Waals surface area contributed by atoms with Crippen LogP contribution in [0.3, 0.4) is 0 Å². The summed E-state index contributed by atoms with van der Waals surface area (Å²) >= 11 is 9.41. The summed E-state index contributed by atoms with van der Waals surface area (Å²) in [4.78, 5) is 12.3. The smallest absolute Gasteiger partial charge is 0.331 e. The van der Waals surface area contributed by atoms with E-state index in [0.29, 0.717) is 10.9 Å². The molecule has 3 nitrogen and oxygen atoms in total. The van der Waals surface area contributed by atoms with Gasteiger partial charge in [0.2, 0.25) is 0 Å². The molecule has 0 saturated heterocycles. The number of methoxy groups -OCH3 is 1. The molecule has 1 aliphatic rings. The van der Waals surface area contributed by atoms with Crippen LogP contribution in [0.5, 0.6) is 0 Å². The third-order valence-corrected chi connectivity index (χ3v) is 5.32. The summed E-state index contributed by atoms with van der Waals surface area (Å²) in [5, 5.41) is 4.00. The monoisotopic (exact) mass is 359 g/mol. The molecule has 0 bridgehead atoms. The van der Waals surface area contributed by atoms with Crippen molar-refractivity contribution in [1.29, 1.82) is 0 Å². The maximum atomic E-state index is 12.3. The first-order valence-corrected chi connectivity index (χ1v) is 7.96. The Morgan fingerprint density at radius 2 is 2.10 bits per heavy atom. The average Bonchev–Trinajstić information content (AvgIpc) is 2.96. The molecule has 0 aliphatic heterocycles. The highest BCUT2D eigenvalue weighted by Crippen LogP contribution is 2.37. The maximum Gasteiger partial charge on any atom is 0.331 e. The van der Waals surface area contributed by atoms with Crippen molar-refractivity contribution in [2.24, 2.45) is 5.92 Å². The lowest BCUT2D eigenvalue weighted by atomic mass is 9.84. The highest BCUT2D eigenvalue weighted by Gasteiger charge is 2.43. The first-order valence-electron chi connectivity index (χ1n) is 6.79. The van der Waals surface area contributed by atoms with E-state index in [4.69, 9.17) is 16.3 Å². The van der Waals surface area contributed by atoms with Crippen LogP contribution in [-0.4, -0.2) is 18.6 Å². The molecule has 0 amide bonds. The molecule has 1 aromatic carbocycles. The second-order valence-corrected chi connectivity index (χ2v) is 6.69. The Kier molecular flexibility index (Phi) is 4.97. The Morgan fingerprint density at radius 3 is 2.65 bits per heavy atom.